The fourth-order valence-corrected chi connectivity index (χ4v) is 2.42. The monoisotopic (exact) mass is 228 g/mol. The summed E-state index contributed by atoms with van der Waals surface area (Å²) in [5.41, 5.74) is 2.04. The van der Waals surface area contributed by atoms with Gasteiger partial charge in [-0.25, -0.2) is 0 Å². The van der Waals surface area contributed by atoms with Crippen LogP contribution in [0.2, 0.25) is 0 Å². The molecule has 0 unspecified atom stereocenters. The first-order chi connectivity index (χ1) is 7.90. The van der Waals surface area contributed by atoms with E-state index in [0.717, 1.165) is 22.5 Å². The van der Waals surface area contributed by atoms with Crippen LogP contribution < -0.4 is 0 Å². The first-order valence-electron chi connectivity index (χ1n) is 5.11. The molecule has 0 aliphatic rings. The Labute approximate surface area is 99.5 Å². The summed E-state index contributed by atoms with van der Waals surface area (Å²) in [7, 11) is 0. The van der Waals surface area contributed by atoms with E-state index in [0.29, 0.717) is 0 Å². The number of rotatable bonds is 4. The minimum Gasteiger partial charge on any atom is -0.298 e. The third kappa shape index (κ3) is 2.74. The van der Waals surface area contributed by atoms with Crippen molar-refractivity contribution in [3.63, 3.8) is 0 Å². The predicted octanol–water partition coefficient (Wildman–Crippen LogP) is 3.79. The van der Waals surface area contributed by atoms with Crippen LogP contribution in [0.5, 0.6) is 0 Å². The van der Waals surface area contributed by atoms with Crippen LogP contribution in [0, 0.1) is 0 Å². The molecule has 16 heavy (non-hydrogen) atoms. The van der Waals surface area contributed by atoms with E-state index in [-0.39, 0.29) is 0 Å². The molecule has 0 aliphatic carbocycles. The molecule has 0 aliphatic heterocycles. The van der Waals surface area contributed by atoms with Gasteiger partial charge in [-0.1, -0.05) is 48.5 Å². The molecule has 80 valence electrons. The summed E-state index contributed by atoms with van der Waals surface area (Å²) in [6.45, 7) is 0. The van der Waals surface area contributed by atoms with Gasteiger partial charge < -0.3 is 0 Å². The molecular weight excluding hydrogens is 216 g/mol. The van der Waals surface area contributed by atoms with Crippen LogP contribution in [-0.4, -0.2) is 6.29 Å². The van der Waals surface area contributed by atoms with Crippen LogP contribution in [0.4, 0.5) is 0 Å². The largest absolute Gasteiger partial charge is 0.298 e. The Morgan fingerprint density at radius 3 is 2.38 bits per heavy atom. The summed E-state index contributed by atoms with van der Waals surface area (Å²) in [5, 5.41) is 0. The van der Waals surface area contributed by atoms with Crippen LogP contribution in [-0.2, 0) is 5.75 Å². The lowest BCUT2D eigenvalue weighted by molar-refractivity contribution is 0.112. The average molecular weight is 228 g/mol. The molecule has 0 saturated heterocycles. The Kier molecular flexibility index (Phi) is 3.78. The molecule has 0 bridgehead atoms. The molecule has 0 amide bonds. The van der Waals surface area contributed by atoms with E-state index < -0.39 is 0 Å². The van der Waals surface area contributed by atoms with E-state index in [1.807, 2.05) is 42.5 Å². The highest BCUT2D eigenvalue weighted by Crippen LogP contribution is 2.25. The van der Waals surface area contributed by atoms with E-state index in [4.69, 9.17) is 0 Å². The smallest absolute Gasteiger partial charge is 0.151 e. The Bertz CT molecular complexity index is 465. The number of benzene rings is 2. The van der Waals surface area contributed by atoms with Gasteiger partial charge in [-0.05, 0) is 11.6 Å². The average Bonchev–Trinajstić information content (AvgIpc) is 2.38. The molecule has 0 radical (unpaired) electrons. The Morgan fingerprint density at radius 1 is 0.938 bits per heavy atom. The van der Waals surface area contributed by atoms with Crippen molar-refractivity contribution < 1.29 is 4.79 Å². The van der Waals surface area contributed by atoms with Gasteiger partial charge in [0.05, 0.1) is 0 Å². The minimum absolute atomic E-state index is 0.767. The highest BCUT2D eigenvalue weighted by atomic mass is 32.2. The van der Waals surface area contributed by atoms with Crippen molar-refractivity contribution in [1.82, 2.24) is 0 Å². The van der Waals surface area contributed by atoms with Gasteiger partial charge in [0.1, 0.15) is 0 Å². The predicted molar refractivity (Wildman–Crippen MR) is 67.8 cm³/mol. The van der Waals surface area contributed by atoms with Gasteiger partial charge >= 0.3 is 0 Å². The summed E-state index contributed by atoms with van der Waals surface area (Å²) >= 11 is 1.69. The first-order valence-corrected chi connectivity index (χ1v) is 6.09. The number of thioether (sulfide) groups is 1. The summed E-state index contributed by atoms with van der Waals surface area (Å²) < 4.78 is 0. The minimum atomic E-state index is 0.767. The van der Waals surface area contributed by atoms with Gasteiger partial charge in [0, 0.05) is 16.2 Å². The quantitative estimate of drug-likeness (QED) is 0.585. The zero-order chi connectivity index (χ0) is 11.2. The molecule has 2 aromatic rings. The molecule has 2 aromatic carbocycles. The number of carbonyl (C=O) groups excluding carboxylic acids is 1. The normalized spacial score (nSPS) is 10.0. The Balaban J connectivity index is 2.08. The van der Waals surface area contributed by atoms with E-state index in [9.17, 15) is 4.79 Å². The third-order valence-electron chi connectivity index (χ3n) is 2.28. The van der Waals surface area contributed by atoms with Crippen molar-refractivity contribution in [3.05, 3.63) is 65.7 Å². The van der Waals surface area contributed by atoms with Gasteiger partial charge in [0.2, 0.25) is 0 Å². The van der Waals surface area contributed by atoms with E-state index in [1.54, 1.807) is 11.8 Å². The fourth-order valence-electron chi connectivity index (χ4n) is 1.44. The van der Waals surface area contributed by atoms with Crippen LogP contribution in [0.15, 0.2) is 59.5 Å². The number of aldehydes is 1. The fraction of sp³-hybridized carbons (Fsp3) is 0.0714. The number of hydrogen-bond acceptors (Lipinski definition) is 2. The second-order valence-corrected chi connectivity index (χ2v) is 4.45. The van der Waals surface area contributed by atoms with Gasteiger partial charge in [-0.3, -0.25) is 4.79 Å². The molecule has 0 N–H and O–H groups in total. The zero-order valence-corrected chi connectivity index (χ0v) is 9.61. The molecule has 0 atom stereocenters. The highest BCUT2D eigenvalue weighted by molar-refractivity contribution is 7.98. The maximum absolute atomic E-state index is 10.8. The maximum Gasteiger partial charge on any atom is 0.151 e. The SMILES string of the molecule is O=Cc1ccccc1SCc1ccccc1. The summed E-state index contributed by atoms with van der Waals surface area (Å²) in [6.07, 6.45) is 0.910. The van der Waals surface area contributed by atoms with E-state index >= 15 is 0 Å². The number of hydrogen-bond donors (Lipinski definition) is 0. The molecule has 1 nitrogen and oxygen atoms in total. The zero-order valence-electron chi connectivity index (χ0n) is 8.80. The molecule has 2 rings (SSSR count). The van der Waals surface area contributed by atoms with Gasteiger partial charge in [-0.15, -0.1) is 11.8 Å². The van der Waals surface area contributed by atoms with Gasteiger partial charge in [0.25, 0.3) is 0 Å². The van der Waals surface area contributed by atoms with Crippen molar-refractivity contribution in [2.24, 2.45) is 0 Å². The van der Waals surface area contributed by atoms with Gasteiger partial charge in [0.15, 0.2) is 6.29 Å². The van der Waals surface area contributed by atoms with Crippen molar-refractivity contribution in [2.75, 3.05) is 0 Å². The highest BCUT2D eigenvalue weighted by Gasteiger charge is 2.01. The van der Waals surface area contributed by atoms with Crippen molar-refractivity contribution in [3.8, 4) is 0 Å². The molecule has 0 aromatic heterocycles. The van der Waals surface area contributed by atoms with Gasteiger partial charge in [-0.2, -0.15) is 0 Å². The lowest BCUT2D eigenvalue weighted by Crippen LogP contribution is -1.85. The lowest BCUT2D eigenvalue weighted by atomic mass is 10.2. The summed E-state index contributed by atoms with van der Waals surface area (Å²) in [4.78, 5) is 11.9. The van der Waals surface area contributed by atoms with Crippen LogP contribution in [0.1, 0.15) is 15.9 Å². The lowest BCUT2D eigenvalue weighted by Gasteiger charge is -2.04. The second kappa shape index (κ2) is 5.52. The molecule has 2 heteroatoms. The second-order valence-electron chi connectivity index (χ2n) is 3.43. The standard InChI is InChI=1S/C14H12OS/c15-10-13-8-4-5-9-14(13)16-11-12-6-2-1-3-7-12/h1-10H,11H2. The van der Waals surface area contributed by atoms with Crippen LogP contribution >= 0.6 is 11.8 Å². The molecule has 0 heterocycles. The Morgan fingerprint density at radius 2 is 1.62 bits per heavy atom. The van der Waals surface area contributed by atoms with Crippen LogP contribution in [0.25, 0.3) is 0 Å². The first kappa shape index (κ1) is 11.0. The summed E-state index contributed by atoms with van der Waals surface area (Å²) in [5.74, 6) is 0.895. The van der Waals surface area contributed by atoms with E-state index in [2.05, 4.69) is 12.1 Å². The number of carbonyl (C=O) groups is 1. The molecule has 0 saturated carbocycles. The van der Waals surface area contributed by atoms with E-state index in [1.165, 1.54) is 5.56 Å². The maximum atomic E-state index is 10.8. The van der Waals surface area contributed by atoms with Crippen molar-refractivity contribution >= 4 is 18.0 Å². The third-order valence-corrected chi connectivity index (χ3v) is 3.44. The van der Waals surface area contributed by atoms with Crippen molar-refractivity contribution in [1.29, 1.82) is 0 Å². The Hall–Kier alpha value is -1.54. The molecular formula is C14H12OS. The summed E-state index contributed by atoms with van der Waals surface area (Å²) in [6, 6.07) is 17.9. The topological polar surface area (TPSA) is 17.1 Å². The van der Waals surface area contributed by atoms with Crippen LogP contribution in [0.3, 0.4) is 0 Å². The molecule has 0 spiro atoms. The molecule has 0 fully saturated rings. The van der Waals surface area contributed by atoms with Crippen molar-refractivity contribution in [2.45, 2.75) is 10.6 Å².